The van der Waals surface area contributed by atoms with Gasteiger partial charge in [-0.1, -0.05) is 19.8 Å². The van der Waals surface area contributed by atoms with Gasteiger partial charge in [0.25, 0.3) is 0 Å². The highest BCUT2D eigenvalue weighted by Gasteiger charge is 2.38. The molecule has 0 bridgehead atoms. The average molecular weight is 340 g/mol. The Labute approximate surface area is 143 Å². The molecule has 130 valence electrons. The van der Waals surface area contributed by atoms with Crippen LogP contribution in [0.25, 0.3) is 0 Å². The number of nitrogens with one attached hydrogen (secondary N) is 2. The summed E-state index contributed by atoms with van der Waals surface area (Å²) in [4.78, 5) is 16.4. The van der Waals surface area contributed by atoms with E-state index >= 15 is 0 Å². The summed E-state index contributed by atoms with van der Waals surface area (Å²) in [6.07, 6.45) is 4.34. The zero-order chi connectivity index (χ0) is 16.9. The lowest BCUT2D eigenvalue weighted by molar-refractivity contribution is 0.0479. The molecule has 2 rings (SSSR count). The van der Waals surface area contributed by atoms with Crippen molar-refractivity contribution in [2.45, 2.75) is 71.1 Å². The minimum atomic E-state index is -0.469. The molecule has 1 saturated carbocycles. The van der Waals surface area contributed by atoms with Crippen molar-refractivity contribution in [1.82, 2.24) is 15.6 Å². The molecule has 1 fully saturated rings. The quantitative estimate of drug-likeness (QED) is 0.858. The topological polar surface area (TPSA) is 63.2 Å². The van der Waals surface area contributed by atoms with Crippen LogP contribution in [0.4, 0.5) is 4.79 Å². The lowest BCUT2D eigenvalue weighted by Gasteiger charge is -2.43. The number of nitrogens with zero attached hydrogens (tertiary/aromatic N) is 1. The average Bonchev–Trinajstić information content (AvgIpc) is 2.97. The summed E-state index contributed by atoms with van der Waals surface area (Å²) in [5.41, 5.74) is 2.36. The van der Waals surface area contributed by atoms with Gasteiger partial charge in [0.1, 0.15) is 5.60 Å². The summed E-state index contributed by atoms with van der Waals surface area (Å²) in [6.45, 7) is 9.24. The number of ether oxygens (including phenoxy) is 1. The number of amides is 1. The molecule has 0 radical (unpaired) electrons. The van der Waals surface area contributed by atoms with E-state index in [4.69, 9.17) is 4.74 Å². The van der Waals surface area contributed by atoms with Gasteiger partial charge in [-0.3, -0.25) is 0 Å². The first-order chi connectivity index (χ1) is 10.8. The molecule has 0 aliphatic heterocycles. The summed E-state index contributed by atoms with van der Waals surface area (Å²) >= 11 is 1.61. The molecule has 5 nitrogen and oxygen atoms in total. The van der Waals surface area contributed by atoms with E-state index in [1.54, 1.807) is 11.3 Å². The number of thiazole rings is 1. The van der Waals surface area contributed by atoms with Gasteiger partial charge in [0.2, 0.25) is 0 Å². The maximum absolute atomic E-state index is 12.0. The number of alkyl carbamates (subject to hydrolysis) is 1. The van der Waals surface area contributed by atoms with Crippen LogP contribution in [-0.4, -0.2) is 28.8 Å². The normalized spacial score (nSPS) is 25.1. The summed E-state index contributed by atoms with van der Waals surface area (Å²) < 4.78 is 5.37. The second kappa shape index (κ2) is 7.62. The number of hydrogen-bond acceptors (Lipinski definition) is 5. The molecule has 1 aromatic rings. The van der Waals surface area contributed by atoms with Crippen molar-refractivity contribution in [3.8, 4) is 0 Å². The van der Waals surface area contributed by atoms with Crippen molar-refractivity contribution in [1.29, 1.82) is 0 Å². The maximum atomic E-state index is 12.0. The van der Waals surface area contributed by atoms with E-state index < -0.39 is 5.60 Å². The zero-order valence-electron chi connectivity index (χ0n) is 14.6. The third kappa shape index (κ3) is 5.46. The molecule has 1 aliphatic carbocycles. The summed E-state index contributed by atoms with van der Waals surface area (Å²) in [7, 11) is 0. The van der Waals surface area contributed by atoms with E-state index in [2.05, 4.69) is 27.9 Å². The van der Waals surface area contributed by atoms with Crippen LogP contribution in [0.2, 0.25) is 0 Å². The standard InChI is InChI=1S/C17H29N3O2S/c1-13-7-5-6-8-17(13,20-9-14-10-23-12-19-14)11-18-15(21)22-16(2,3)4/h10,12-13,20H,5-9,11H2,1-4H3,(H,18,21). The van der Waals surface area contributed by atoms with Crippen molar-refractivity contribution in [2.24, 2.45) is 5.92 Å². The van der Waals surface area contributed by atoms with Gasteiger partial charge >= 0.3 is 6.09 Å². The minimum absolute atomic E-state index is 0.0846. The third-order valence-corrected chi connectivity index (χ3v) is 5.14. The smallest absolute Gasteiger partial charge is 0.407 e. The van der Waals surface area contributed by atoms with E-state index in [1.807, 2.05) is 26.3 Å². The first-order valence-corrected chi connectivity index (χ1v) is 9.34. The molecule has 6 heteroatoms. The summed E-state index contributed by atoms with van der Waals surface area (Å²) in [5.74, 6) is 0.504. The number of rotatable bonds is 5. The zero-order valence-corrected chi connectivity index (χ0v) is 15.5. The fourth-order valence-electron chi connectivity index (χ4n) is 3.14. The van der Waals surface area contributed by atoms with Gasteiger partial charge in [0.15, 0.2) is 0 Å². The fourth-order valence-corrected chi connectivity index (χ4v) is 3.70. The lowest BCUT2D eigenvalue weighted by Crippen LogP contribution is -2.58. The molecule has 0 saturated heterocycles. The van der Waals surface area contributed by atoms with Crippen LogP contribution in [0.15, 0.2) is 10.9 Å². The first kappa shape index (κ1) is 18.2. The second-order valence-corrected chi connectivity index (χ2v) is 8.21. The first-order valence-electron chi connectivity index (χ1n) is 8.40. The molecule has 23 heavy (non-hydrogen) atoms. The van der Waals surface area contributed by atoms with Crippen LogP contribution in [-0.2, 0) is 11.3 Å². The van der Waals surface area contributed by atoms with E-state index in [0.717, 1.165) is 18.7 Å². The molecule has 1 amide bonds. The van der Waals surface area contributed by atoms with Gasteiger partial charge < -0.3 is 15.4 Å². The molecular formula is C17H29N3O2S. The number of hydrogen-bond donors (Lipinski definition) is 2. The second-order valence-electron chi connectivity index (χ2n) is 7.49. The van der Waals surface area contributed by atoms with Gasteiger partial charge in [-0.15, -0.1) is 11.3 Å². The number of carbonyl (C=O) groups excluding carboxylic acids is 1. The molecule has 1 aromatic heterocycles. The van der Waals surface area contributed by atoms with Gasteiger partial charge in [-0.2, -0.15) is 0 Å². The van der Waals surface area contributed by atoms with Crippen molar-refractivity contribution in [3.05, 3.63) is 16.6 Å². The van der Waals surface area contributed by atoms with Gasteiger partial charge in [0, 0.05) is 24.0 Å². The van der Waals surface area contributed by atoms with Crippen molar-refractivity contribution in [3.63, 3.8) is 0 Å². The van der Waals surface area contributed by atoms with Crippen LogP contribution in [0.3, 0.4) is 0 Å². The Kier molecular flexibility index (Phi) is 6.03. The van der Waals surface area contributed by atoms with E-state index in [-0.39, 0.29) is 11.6 Å². The molecule has 0 aromatic carbocycles. The lowest BCUT2D eigenvalue weighted by atomic mass is 9.73. The Balaban J connectivity index is 1.97. The van der Waals surface area contributed by atoms with Crippen LogP contribution in [0, 0.1) is 5.92 Å². The monoisotopic (exact) mass is 339 g/mol. The summed E-state index contributed by atoms with van der Waals surface area (Å²) in [6, 6.07) is 0. The van der Waals surface area contributed by atoms with Gasteiger partial charge in [-0.25, -0.2) is 9.78 Å². The largest absolute Gasteiger partial charge is 0.444 e. The highest BCUT2D eigenvalue weighted by atomic mass is 32.1. The van der Waals surface area contributed by atoms with Crippen LogP contribution < -0.4 is 10.6 Å². The predicted molar refractivity (Wildman–Crippen MR) is 93.6 cm³/mol. The Hall–Kier alpha value is -1.14. The Morgan fingerprint density at radius 1 is 1.48 bits per heavy atom. The molecule has 1 aliphatic rings. The molecule has 2 atom stereocenters. The Morgan fingerprint density at radius 3 is 2.87 bits per heavy atom. The van der Waals surface area contributed by atoms with Crippen molar-refractivity contribution >= 4 is 17.4 Å². The van der Waals surface area contributed by atoms with Gasteiger partial charge in [-0.05, 0) is 39.5 Å². The van der Waals surface area contributed by atoms with Crippen LogP contribution in [0.5, 0.6) is 0 Å². The van der Waals surface area contributed by atoms with E-state index in [1.165, 1.54) is 19.3 Å². The maximum Gasteiger partial charge on any atom is 0.407 e. The van der Waals surface area contributed by atoms with Crippen LogP contribution in [0.1, 0.15) is 59.1 Å². The third-order valence-electron chi connectivity index (χ3n) is 4.51. The predicted octanol–water partition coefficient (Wildman–Crippen LogP) is 3.71. The molecule has 1 heterocycles. The van der Waals surface area contributed by atoms with E-state index in [9.17, 15) is 4.79 Å². The Bertz CT molecular complexity index is 498. The minimum Gasteiger partial charge on any atom is -0.444 e. The summed E-state index contributed by atoms with van der Waals surface area (Å²) in [5, 5.41) is 8.71. The van der Waals surface area contributed by atoms with Crippen LogP contribution >= 0.6 is 11.3 Å². The molecule has 2 unspecified atom stereocenters. The SMILES string of the molecule is CC1CCCCC1(CNC(=O)OC(C)(C)C)NCc1cscn1. The number of carbonyl (C=O) groups is 1. The highest BCUT2D eigenvalue weighted by Crippen LogP contribution is 2.33. The van der Waals surface area contributed by atoms with Crippen molar-refractivity contribution < 1.29 is 9.53 Å². The van der Waals surface area contributed by atoms with Crippen molar-refractivity contribution in [2.75, 3.05) is 6.54 Å². The fraction of sp³-hybridized carbons (Fsp3) is 0.765. The van der Waals surface area contributed by atoms with Gasteiger partial charge in [0.05, 0.1) is 11.2 Å². The van der Waals surface area contributed by atoms with E-state index in [0.29, 0.717) is 12.5 Å². The molecular weight excluding hydrogens is 310 g/mol. The highest BCUT2D eigenvalue weighted by molar-refractivity contribution is 7.07. The molecule has 2 N–H and O–H groups in total. The number of aromatic nitrogens is 1. The Morgan fingerprint density at radius 2 is 2.26 bits per heavy atom. The molecule has 0 spiro atoms.